The van der Waals surface area contributed by atoms with Crippen molar-refractivity contribution >= 4 is 29.1 Å². The summed E-state index contributed by atoms with van der Waals surface area (Å²) in [6, 6.07) is 6.03. The van der Waals surface area contributed by atoms with E-state index in [1.165, 1.54) is 4.90 Å². The standard InChI is InChI=1S/C34H51N7O4S/c1-23(25-15-17-26(18-16-25)30-24(2)36-22-46-30)38-32(44)28-20-27(42)21-41(28)33(45)31(34(3,4)5)39-29(43)14-12-10-8-6-7-9-11-13-19-37-40-35/h15-18,22-23,27-28,31,42H,6-14,19-21H2,1-5H3,(H,38,44)(H,39,43)/t23-,27+,28-,31+/m0/s1. The van der Waals surface area contributed by atoms with Gasteiger partial charge in [0.05, 0.1) is 28.2 Å². The Morgan fingerprint density at radius 2 is 1.70 bits per heavy atom. The van der Waals surface area contributed by atoms with Crippen LogP contribution in [0.5, 0.6) is 0 Å². The molecule has 11 nitrogen and oxygen atoms in total. The minimum atomic E-state index is -0.829. The number of rotatable bonds is 17. The number of thiazole rings is 1. The summed E-state index contributed by atoms with van der Waals surface area (Å²) in [4.78, 5) is 49.9. The number of hydrogen-bond acceptors (Lipinski definition) is 7. The molecule has 3 N–H and O–H groups in total. The van der Waals surface area contributed by atoms with Gasteiger partial charge in [-0.3, -0.25) is 14.4 Å². The quantitative estimate of drug-likeness (QED) is 0.0757. The van der Waals surface area contributed by atoms with Crippen molar-refractivity contribution in [2.45, 2.75) is 123 Å². The predicted octanol–water partition coefficient (Wildman–Crippen LogP) is 6.61. The van der Waals surface area contributed by atoms with E-state index in [1.807, 2.05) is 64.4 Å². The van der Waals surface area contributed by atoms with E-state index in [1.54, 1.807) is 11.3 Å². The Morgan fingerprint density at radius 3 is 2.28 bits per heavy atom. The third-order valence-electron chi connectivity index (χ3n) is 8.54. The molecule has 1 fully saturated rings. The van der Waals surface area contributed by atoms with Crippen molar-refractivity contribution in [3.05, 3.63) is 51.5 Å². The zero-order valence-corrected chi connectivity index (χ0v) is 28.8. The number of nitrogens with zero attached hydrogens (tertiary/aromatic N) is 5. The van der Waals surface area contributed by atoms with E-state index >= 15 is 0 Å². The second-order valence-corrected chi connectivity index (χ2v) is 14.3. The number of carbonyl (C=O) groups excluding carboxylic acids is 3. The fraction of sp³-hybridized carbons (Fsp3) is 0.647. The van der Waals surface area contributed by atoms with E-state index in [0.29, 0.717) is 13.0 Å². The van der Waals surface area contributed by atoms with E-state index in [2.05, 4.69) is 25.6 Å². The Morgan fingerprint density at radius 1 is 1.07 bits per heavy atom. The van der Waals surface area contributed by atoms with Crippen molar-refractivity contribution in [2.75, 3.05) is 13.1 Å². The van der Waals surface area contributed by atoms with E-state index in [-0.39, 0.29) is 36.7 Å². The number of unbranched alkanes of at least 4 members (excludes halogenated alkanes) is 7. The first-order valence-corrected chi connectivity index (χ1v) is 17.4. The van der Waals surface area contributed by atoms with Gasteiger partial charge in [0.1, 0.15) is 12.1 Å². The van der Waals surface area contributed by atoms with Gasteiger partial charge < -0.3 is 20.6 Å². The molecule has 2 aromatic rings. The molecule has 3 rings (SSSR count). The summed E-state index contributed by atoms with van der Waals surface area (Å²) >= 11 is 1.59. The Hall–Kier alpha value is -3.47. The Bertz CT molecular complexity index is 1330. The van der Waals surface area contributed by atoms with Crippen LogP contribution in [0.3, 0.4) is 0 Å². The second-order valence-electron chi connectivity index (χ2n) is 13.4. The van der Waals surface area contributed by atoms with Crippen LogP contribution in [0.4, 0.5) is 0 Å². The number of carbonyl (C=O) groups is 3. The number of aryl methyl sites for hydroxylation is 1. The molecule has 2 heterocycles. The number of hydrogen-bond donors (Lipinski definition) is 3. The van der Waals surface area contributed by atoms with Crippen LogP contribution < -0.4 is 10.6 Å². The van der Waals surface area contributed by atoms with Crippen LogP contribution >= 0.6 is 11.3 Å². The minimum Gasteiger partial charge on any atom is -0.391 e. The molecule has 0 saturated carbocycles. The lowest BCUT2D eigenvalue weighted by atomic mass is 9.85. The number of aromatic nitrogens is 1. The number of azide groups is 1. The fourth-order valence-corrected chi connectivity index (χ4v) is 6.63. The summed E-state index contributed by atoms with van der Waals surface area (Å²) in [5.74, 6) is -0.859. The Labute approximate surface area is 277 Å². The molecule has 252 valence electrons. The number of aliphatic hydroxyl groups is 1. The molecule has 46 heavy (non-hydrogen) atoms. The Kier molecular flexibility index (Phi) is 14.5. The normalized spacial score (nSPS) is 17.7. The maximum absolute atomic E-state index is 13.9. The van der Waals surface area contributed by atoms with Gasteiger partial charge >= 0.3 is 0 Å². The number of likely N-dealkylation sites (tertiary alicyclic amines) is 1. The van der Waals surface area contributed by atoms with Gasteiger partial charge in [-0.2, -0.15) is 0 Å². The van der Waals surface area contributed by atoms with E-state index in [4.69, 9.17) is 5.53 Å². The first-order valence-electron chi connectivity index (χ1n) is 16.5. The van der Waals surface area contributed by atoms with Gasteiger partial charge in [-0.15, -0.1) is 11.3 Å². The predicted molar refractivity (Wildman–Crippen MR) is 182 cm³/mol. The molecule has 0 spiro atoms. The van der Waals surface area contributed by atoms with Crippen molar-refractivity contribution in [1.29, 1.82) is 0 Å². The van der Waals surface area contributed by atoms with Crippen LogP contribution in [-0.2, 0) is 14.4 Å². The van der Waals surface area contributed by atoms with Crippen molar-refractivity contribution in [1.82, 2.24) is 20.5 Å². The number of benzene rings is 1. The fourth-order valence-electron chi connectivity index (χ4n) is 5.82. The molecule has 1 saturated heterocycles. The summed E-state index contributed by atoms with van der Waals surface area (Å²) in [5, 5.41) is 20.0. The first-order chi connectivity index (χ1) is 21.9. The number of aliphatic hydroxyl groups excluding tert-OH is 1. The van der Waals surface area contributed by atoms with Gasteiger partial charge in [0.2, 0.25) is 17.7 Å². The molecular formula is C34H51N7O4S. The van der Waals surface area contributed by atoms with Crippen molar-refractivity contribution < 1.29 is 19.5 Å². The molecule has 0 radical (unpaired) electrons. The average molecular weight is 654 g/mol. The van der Waals surface area contributed by atoms with Crippen molar-refractivity contribution in [3.63, 3.8) is 0 Å². The van der Waals surface area contributed by atoms with Crippen LogP contribution in [0.2, 0.25) is 0 Å². The summed E-state index contributed by atoms with van der Waals surface area (Å²) in [7, 11) is 0. The van der Waals surface area contributed by atoms with Crippen LogP contribution in [0, 0.1) is 12.3 Å². The van der Waals surface area contributed by atoms with Crippen molar-refractivity contribution in [3.8, 4) is 10.4 Å². The largest absolute Gasteiger partial charge is 0.391 e. The monoisotopic (exact) mass is 653 g/mol. The van der Waals surface area contributed by atoms with Gasteiger partial charge in [0.25, 0.3) is 0 Å². The maximum Gasteiger partial charge on any atom is 0.246 e. The van der Waals surface area contributed by atoms with Gasteiger partial charge in [0.15, 0.2) is 0 Å². The summed E-state index contributed by atoms with van der Waals surface area (Å²) in [5.41, 5.74) is 12.5. The topological polar surface area (TPSA) is 160 Å². The SMILES string of the molecule is Cc1ncsc1-c1ccc([C@H](C)NC(=O)[C@@H]2C[C@@H](O)CN2C(=O)[C@@H](NC(=O)CCCCCCCCCCN=[N+]=[N-])C(C)(C)C)cc1. The zero-order valence-electron chi connectivity index (χ0n) is 28.0. The lowest BCUT2D eigenvalue weighted by molar-refractivity contribution is -0.144. The van der Waals surface area contributed by atoms with Crippen LogP contribution in [0.15, 0.2) is 34.9 Å². The molecule has 0 aliphatic carbocycles. The Balaban J connectivity index is 1.51. The first kappa shape index (κ1) is 37.0. The van der Waals surface area contributed by atoms with Gasteiger partial charge in [0, 0.05) is 30.8 Å². The molecular weight excluding hydrogens is 602 g/mol. The highest BCUT2D eigenvalue weighted by Gasteiger charge is 2.44. The second kappa shape index (κ2) is 18.0. The lowest BCUT2D eigenvalue weighted by Crippen LogP contribution is -2.57. The molecule has 0 bridgehead atoms. The number of β-amino-alcohol motifs (C(OH)–C–C–N with tert-alkyl or cyclic N) is 1. The van der Waals surface area contributed by atoms with E-state index in [9.17, 15) is 19.5 Å². The summed E-state index contributed by atoms with van der Waals surface area (Å²) in [6.07, 6.45) is 7.69. The van der Waals surface area contributed by atoms with Gasteiger partial charge in [-0.1, -0.05) is 88.7 Å². The molecule has 1 aromatic carbocycles. The lowest BCUT2D eigenvalue weighted by Gasteiger charge is -2.35. The minimum absolute atomic E-state index is 0.0438. The average Bonchev–Trinajstić information content (AvgIpc) is 3.63. The third kappa shape index (κ3) is 11.1. The summed E-state index contributed by atoms with van der Waals surface area (Å²) < 4.78 is 0. The molecule has 4 atom stereocenters. The smallest absolute Gasteiger partial charge is 0.246 e. The number of amides is 3. The van der Waals surface area contributed by atoms with E-state index in [0.717, 1.165) is 73.1 Å². The number of nitrogens with one attached hydrogen (secondary N) is 2. The van der Waals surface area contributed by atoms with Crippen LogP contribution in [0.1, 0.15) is 109 Å². The molecule has 1 aliphatic rings. The molecule has 0 unspecified atom stereocenters. The molecule has 3 amide bonds. The highest BCUT2D eigenvalue weighted by molar-refractivity contribution is 7.13. The maximum atomic E-state index is 13.9. The van der Waals surface area contributed by atoms with Gasteiger partial charge in [-0.25, -0.2) is 4.98 Å². The van der Waals surface area contributed by atoms with E-state index < -0.39 is 23.6 Å². The molecule has 12 heteroatoms. The molecule has 1 aromatic heterocycles. The van der Waals surface area contributed by atoms with Crippen LogP contribution in [0.25, 0.3) is 20.9 Å². The highest BCUT2D eigenvalue weighted by atomic mass is 32.1. The van der Waals surface area contributed by atoms with Gasteiger partial charge in [-0.05, 0) is 48.8 Å². The third-order valence-corrected chi connectivity index (χ3v) is 9.51. The highest BCUT2D eigenvalue weighted by Crippen LogP contribution is 2.29. The summed E-state index contributed by atoms with van der Waals surface area (Å²) in [6.45, 7) is 10.2. The zero-order chi connectivity index (χ0) is 33.7. The van der Waals surface area contributed by atoms with Crippen molar-refractivity contribution in [2.24, 2.45) is 10.5 Å². The molecule has 1 aliphatic heterocycles. The van der Waals surface area contributed by atoms with Crippen LogP contribution in [-0.4, -0.2) is 64.0 Å².